The molecule has 1 amide bonds. The molecule has 1 aromatic rings. The number of hydrogen-bond donors (Lipinski definition) is 2. The summed E-state index contributed by atoms with van der Waals surface area (Å²) >= 11 is 0. The van der Waals surface area contributed by atoms with Crippen molar-refractivity contribution in [1.82, 2.24) is 10.3 Å². The van der Waals surface area contributed by atoms with Crippen molar-refractivity contribution in [3.63, 3.8) is 0 Å². The molecule has 0 bridgehead atoms. The largest absolute Gasteiger partial charge is 0.505 e. The fourth-order valence-electron chi connectivity index (χ4n) is 0.722. The number of carbonyl (C=O) groups is 1. The molecule has 0 saturated carbocycles. The Labute approximate surface area is 68.1 Å². The van der Waals surface area contributed by atoms with Crippen LogP contribution in [0, 0.1) is 5.82 Å². The van der Waals surface area contributed by atoms with Crippen molar-refractivity contribution in [2.75, 3.05) is 7.05 Å². The van der Waals surface area contributed by atoms with Crippen LogP contribution in [0.1, 0.15) is 10.5 Å². The van der Waals surface area contributed by atoms with Crippen molar-refractivity contribution >= 4 is 5.91 Å². The fourth-order valence-corrected chi connectivity index (χ4v) is 0.722. The first-order valence-corrected chi connectivity index (χ1v) is 3.21. The summed E-state index contributed by atoms with van der Waals surface area (Å²) in [7, 11) is 1.40. The molecule has 0 aromatic carbocycles. The first kappa shape index (κ1) is 8.45. The molecule has 1 heterocycles. The third-order valence-electron chi connectivity index (χ3n) is 1.28. The van der Waals surface area contributed by atoms with Crippen LogP contribution in [0.2, 0.25) is 0 Å². The second-order valence-corrected chi connectivity index (χ2v) is 2.10. The molecule has 0 aliphatic heterocycles. The summed E-state index contributed by atoms with van der Waals surface area (Å²) in [5.41, 5.74) is -0.182. The first-order chi connectivity index (χ1) is 5.65. The molecule has 4 nitrogen and oxygen atoms in total. The number of carbonyl (C=O) groups excluding carboxylic acids is 1. The minimum absolute atomic E-state index is 0.182. The normalized spacial score (nSPS) is 9.50. The Balaban J connectivity index is 3.09. The summed E-state index contributed by atoms with van der Waals surface area (Å²) < 4.78 is 12.4. The van der Waals surface area contributed by atoms with Crippen molar-refractivity contribution in [3.05, 3.63) is 23.8 Å². The van der Waals surface area contributed by atoms with Gasteiger partial charge < -0.3 is 10.4 Å². The van der Waals surface area contributed by atoms with Crippen molar-refractivity contribution in [1.29, 1.82) is 0 Å². The van der Waals surface area contributed by atoms with Crippen LogP contribution in [-0.4, -0.2) is 23.0 Å². The minimum atomic E-state index is -0.680. The van der Waals surface area contributed by atoms with E-state index in [2.05, 4.69) is 10.3 Å². The highest BCUT2D eigenvalue weighted by Gasteiger charge is 2.10. The molecule has 0 aliphatic rings. The van der Waals surface area contributed by atoms with Gasteiger partial charge in [-0.25, -0.2) is 9.37 Å². The van der Waals surface area contributed by atoms with Crippen LogP contribution < -0.4 is 5.32 Å². The number of amides is 1. The number of aromatic hydroxyl groups is 1. The Morgan fingerprint density at radius 1 is 1.75 bits per heavy atom. The van der Waals surface area contributed by atoms with Crippen LogP contribution >= 0.6 is 0 Å². The summed E-state index contributed by atoms with van der Waals surface area (Å²) in [4.78, 5) is 14.3. The van der Waals surface area contributed by atoms with Crippen LogP contribution in [0.25, 0.3) is 0 Å². The molecular formula is C7H7FN2O2. The SMILES string of the molecule is CNC(=O)c1ncc(F)cc1O. The van der Waals surface area contributed by atoms with E-state index in [-0.39, 0.29) is 5.69 Å². The maximum Gasteiger partial charge on any atom is 0.273 e. The van der Waals surface area contributed by atoms with E-state index in [4.69, 9.17) is 5.11 Å². The molecule has 1 rings (SSSR count). The topological polar surface area (TPSA) is 62.2 Å². The third kappa shape index (κ3) is 1.50. The van der Waals surface area contributed by atoms with Gasteiger partial charge in [0, 0.05) is 13.1 Å². The Morgan fingerprint density at radius 3 is 2.92 bits per heavy atom. The van der Waals surface area contributed by atoms with Crippen molar-refractivity contribution in [2.45, 2.75) is 0 Å². The van der Waals surface area contributed by atoms with E-state index in [1.807, 2.05) is 0 Å². The highest BCUT2D eigenvalue weighted by molar-refractivity contribution is 5.94. The number of pyridine rings is 1. The summed E-state index contributed by atoms with van der Waals surface area (Å²) in [5.74, 6) is -1.69. The van der Waals surface area contributed by atoms with Gasteiger partial charge in [0.05, 0.1) is 6.20 Å². The highest BCUT2D eigenvalue weighted by atomic mass is 19.1. The zero-order valence-corrected chi connectivity index (χ0v) is 6.34. The minimum Gasteiger partial charge on any atom is -0.505 e. The Kier molecular flexibility index (Phi) is 2.23. The van der Waals surface area contributed by atoms with E-state index in [1.54, 1.807) is 0 Å². The summed E-state index contributed by atoms with van der Waals surface area (Å²) in [6, 6.07) is 0.831. The zero-order valence-electron chi connectivity index (χ0n) is 6.34. The first-order valence-electron chi connectivity index (χ1n) is 3.21. The van der Waals surface area contributed by atoms with Gasteiger partial charge in [-0.05, 0) is 0 Å². The van der Waals surface area contributed by atoms with E-state index in [0.717, 1.165) is 12.3 Å². The number of rotatable bonds is 1. The number of aromatic nitrogens is 1. The van der Waals surface area contributed by atoms with Crippen LogP contribution in [-0.2, 0) is 0 Å². The van der Waals surface area contributed by atoms with Gasteiger partial charge in [0.15, 0.2) is 5.69 Å². The van der Waals surface area contributed by atoms with Gasteiger partial charge in [-0.15, -0.1) is 0 Å². The van der Waals surface area contributed by atoms with Crippen LogP contribution in [0.3, 0.4) is 0 Å². The average molecular weight is 170 g/mol. The number of hydrogen-bond acceptors (Lipinski definition) is 3. The summed E-state index contributed by atoms with van der Waals surface area (Å²) in [6.07, 6.45) is 0.865. The molecule has 0 atom stereocenters. The molecular weight excluding hydrogens is 163 g/mol. The maximum absolute atomic E-state index is 12.4. The van der Waals surface area contributed by atoms with Crippen molar-refractivity contribution in [2.24, 2.45) is 0 Å². The molecule has 0 fully saturated rings. The molecule has 64 valence electrons. The Morgan fingerprint density at radius 2 is 2.42 bits per heavy atom. The maximum atomic E-state index is 12.4. The van der Waals surface area contributed by atoms with E-state index in [0.29, 0.717) is 0 Å². The van der Waals surface area contributed by atoms with Crippen LogP contribution in [0.15, 0.2) is 12.3 Å². The third-order valence-corrected chi connectivity index (χ3v) is 1.28. The van der Waals surface area contributed by atoms with E-state index in [1.165, 1.54) is 7.05 Å². The lowest BCUT2D eigenvalue weighted by molar-refractivity contribution is 0.0955. The van der Waals surface area contributed by atoms with Gasteiger partial charge in [-0.2, -0.15) is 0 Å². The smallest absolute Gasteiger partial charge is 0.273 e. The van der Waals surface area contributed by atoms with Gasteiger partial charge in [-0.1, -0.05) is 0 Å². The van der Waals surface area contributed by atoms with E-state index >= 15 is 0 Å². The average Bonchev–Trinajstić information content (AvgIpc) is 2.03. The molecule has 0 unspecified atom stereocenters. The van der Waals surface area contributed by atoms with Gasteiger partial charge in [-0.3, -0.25) is 4.79 Å². The standard InChI is InChI=1S/C7H7FN2O2/c1-9-7(12)6-5(11)2-4(8)3-10-6/h2-3,11H,1H3,(H,9,12). The van der Waals surface area contributed by atoms with Crippen LogP contribution in [0.5, 0.6) is 5.75 Å². The molecule has 0 spiro atoms. The predicted octanol–water partition coefficient (Wildman–Crippen LogP) is 0.286. The summed E-state index contributed by atoms with van der Waals surface area (Å²) in [6.45, 7) is 0. The van der Waals surface area contributed by atoms with E-state index in [9.17, 15) is 9.18 Å². The lowest BCUT2D eigenvalue weighted by Crippen LogP contribution is -2.19. The lowest BCUT2D eigenvalue weighted by Gasteiger charge is -2.00. The molecule has 12 heavy (non-hydrogen) atoms. The van der Waals surface area contributed by atoms with Crippen molar-refractivity contribution in [3.8, 4) is 5.75 Å². The zero-order chi connectivity index (χ0) is 9.14. The Bertz CT molecular complexity index is 314. The summed E-state index contributed by atoms with van der Waals surface area (Å²) in [5, 5.41) is 11.3. The fraction of sp³-hybridized carbons (Fsp3) is 0.143. The van der Waals surface area contributed by atoms with Gasteiger partial charge >= 0.3 is 0 Å². The molecule has 1 aromatic heterocycles. The van der Waals surface area contributed by atoms with Gasteiger partial charge in [0.2, 0.25) is 0 Å². The predicted molar refractivity (Wildman–Crippen MR) is 39.3 cm³/mol. The Hall–Kier alpha value is -1.65. The molecule has 0 radical (unpaired) electrons. The molecule has 0 saturated heterocycles. The second-order valence-electron chi connectivity index (χ2n) is 2.10. The van der Waals surface area contributed by atoms with Gasteiger partial charge in [0.1, 0.15) is 11.6 Å². The second kappa shape index (κ2) is 3.17. The lowest BCUT2D eigenvalue weighted by atomic mass is 10.3. The number of halogens is 1. The molecule has 2 N–H and O–H groups in total. The molecule has 0 aliphatic carbocycles. The van der Waals surface area contributed by atoms with E-state index < -0.39 is 17.5 Å². The monoisotopic (exact) mass is 170 g/mol. The number of nitrogens with zero attached hydrogens (tertiary/aromatic N) is 1. The highest BCUT2D eigenvalue weighted by Crippen LogP contribution is 2.14. The van der Waals surface area contributed by atoms with Gasteiger partial charge in [0.25, 0.3) is 5.91 Å². The van der Waals surface area contributed by atoms with Crippen molar-refractivity contribution < 1.29 is 14.3 Å². The van der Waals surface area contributed by atoms with Crippen LogP contribution in [0.4, 0.5) is 4.39 Å². The molecule has 5 heteroatoms. The number of nitrogens with one attached hydrogen (secondary N) is 1. The quantitative estimate of drug-likeness (QED) is 0.636.